The number of benzene rings is 3. The summed E-state index contributed by atoms with van der Waals surface area (Å²) in [6.07, 6.45) is 1.40. The molecule has 38 heavy (non-hydrogen) atoms. The van der Waals surface area contributed by atoms with Crippen molar-refractivity contribution in [3.8, 4) is 0 Å². The first-order valence-electron chi connectivity index (χ1n) is 11.4. The summed E-state index contributed by atoms with van der Waals surface area (Å²) in [6.45, 7) is -0.102. The van der Waals surface area contributed by atoms with E-state index in [4.69, 9.17) is 27.9 Å². The Balaban J connectivity index is 1.54. The van der Waals surface area contributed by atoms with Gasteiger partial charge in [0.05, 0.1) is 28.1 Å². The van der Waals surface area contributed by atoms with E-state index in [9.17, 15) is 19.5 Å². The van der Waals surface area contributed by atoms with E-state index in [-0.39, 0.29) is 23.9 Å². The van der Waals surface area contributed by atoms with Crippen LogP contribution in [-0.2, 0) is 20.9 Å². The molecule has 1 aromatic heterocycles. The van der Waals surface area contributed by atoms with E-state index in [1.54, 1.807) is 18.2 Å². The van der Waals surface area contributed by atoms with Gasteiger partial charge in [0.2, 0.25) is 0 Å². The molecule has 3 aromatic carbocycles. The van der Waals surface area contributed by atoms with Gasteiger partial charge in [-0.05, 0) is 46.9 Å². The lowest BCUT2D eigenvalue weighted by molar-refractivity contribution is -0.143. The number of nitrogens with one attached hydrogen (secondary N) is 2. The van der Waals surface area contributed by atoms with Crippen LogP contribution in [-0.4, -0.2) is 35.5 Å². The fraction of sp³-hybridized carbons (Fsp3) is 0.107. The van der Waals surface area contributed by atoms with Crippen LogP contribution in [0.15, 0.2) is 84.6 Å². The van der Waals surface area contributed by atoms with E-state index in [1.807, 2.05) is 54.6 Å². The molecule has 2 amide bonds. The molecule has 194 valence electrons. The maximum absolute atomic E-state index is 13.2. The molecule has 0 bridgehead atoms. The van der Waals surface area contributed by atoms with Crippen molar-refractivity contribution in [2.75, 3.05) is 6.61 Å². The van der Waals surface area contributed by atoms with Crippen LogP contribution < -0.4 is 10.6 Å². The van der Waals surface area contributed by atoms with E-state index in [0.29, 0.717) is 15.5 Å². The maximum Gasteiger partial charge on any atom is 0.328 e. The van der Waals surface area contributed by atoms with Gasteiger partial charge < -0.3 is 20.5 Å². The Morgan fingerprint density at radius 1 is 0.947 bits per heavy atom. The molecule has 0 saturated carbocycles. The van der Waals surface area contributed by atoms with E-state index in [2.05, 4.69) is 10.6 Å². The molecular weight excluding hydrogens is 547 g/mol. The molecule has 10 heteroatoms. The second-order valence-corrected chi connectivity index (χ2v) is 10.1. The van der Waals surface area contributed by atoms with Crippen molar-refractivity contribution in [2.24, 2.45) is 0 Å². The van der Waals surface area contributed by atoms with Gasteiger partial charge in [-0.3, -0.25) is 9.59 Å². The molecule has 4 rings (SSSR count). The Hall–Kier alpha value is -3.69. The summed E-state index contributed by atoms with van der Waals surface area (Å²) < 4.78 is 6.44. The number of ether oxygens (including phenoxy) is 1. The lowest BCUT2D eigenvalue weighted by Gasteiger charge is -2.17. The number of carbonyl (C=O) groups excluding carboxylic acids is 2. The Kier molecular flexibility index (Phi) is 9.15. The highest BCUT2D eigenvalue weighted by atomic mass is 35.5. The highest BCUT2D eigenvalue weighted by molar-refractivity contribution is 7.20. The van der Waals surface area contributed by atoms with E-state index < -0.39 is 23.8 Å². The summed E-state index contributed by atoms with van der Waals surface area (Å²) in [7, 11) is 0. The first kappa shape index (κ1) is 27.3. The minimum absolute atomic E-state index is 0.167. The minimum Gasteiger partial charge on any atom is -0.480 e. The number of halogens is 2. The standard InChI is InChI=1S/C28H22Cl2N2O5S/c29-20-11-10-18(12-21(20)30)13-22(31-27(34)25-14-19-8-4-5-9-24(19)38-25)26(33)32-23(28(35)36)16-37-15-17-6-2-1-3-7-17/h1-14,23H,15-16H2,(H,31,34)(H,32,33)(H,35,36). The third-order valence-electron chi connectivity index (χ3n) is 5.40. The third kappa shape index (κ3) is 7.20. The Labute approximate surface area is 232 Å². The molecule has 7 nitrogen and oxygen atoms in total. The number of carboxylic acid groups (broad SMARTS) is 1. The normalized spacial score (nSPS) is 12.2. The molecular formula is C28H22Cl2N2O5S. The van der Waals surface area contributed by atoms with E-state index in [1.165, 1.54) is 23.5 Å². The van der Waals surface area contributed by atoms with Crippen molar-refractivity contribution in [1.29, 1.82) is 0 Å². The van der Waals surface area contributed by atoms with Gasteiger partial charge in [-0.2, -0.15) is 0 Å². The predicted molar refractivity (Wildman–Crippen MR) is 149 cm³/mol. The van der Waals surface area contributed by atoms with Gasteiger partial charge >= 0.3 is 5.97 Å². The Morgan fingerprint density at radius 2 is 1.68 bits per heavy atom. The number of carboxylic acids is 1. The summed E-state index contributed by atoms with van der Waals surface area (Å²) in [4.78, 5) is 38.5. The molecule has 0 radical (unpaired) electrons. The first-order valence-corrected chi connectivity index (χ1v) is 13.0. The lowest BCUT2D eigenvalue weighted by atomic mass is 10.1. The smallest absolute Gasteiger partial charge is 0.328 e. The van der Waals surface area contributed by atoms with Crippen LogP contribution in [0.5, 0.6) is 0 Å². The SMILES string of the molecule is O=C(NC(COCc1ccccc1)C(=O)O)C(=Cc1ccc(Cl)c(Cl)c1)NC(=O)c1cc2ccccc2s1. The summed E-state index contributed by atoms with van der Waals surface area (Å²) in [5, 5.41) is 16.2. The van der Waals surface area contributed by atoms with Gasteiger partial charge in [-0.1, -0.05) is 77.8 Å². The van der Waals surface area contributed by atoms with Gasteiger partial charge in [0.15, 0.2) is 6.04 Å². The summed E-state index contributed by atoms with van der Waals surface area (Å²) in [5.74, 6) is -2.60. The van der Waals surface area contributed by atoms with Gasteiger partial charge in [-0.15, -0.1) is 11.3 Å². The maximum atomic E-state index is 13.2. The van der Waals surface area contributed by atoms with Crippen LogP contribution in [0.2, 0.25) is 10.0 Å². The summed E-state index contributed by atoms with van der Waals surface area (Å²) in [5.41, 5.74) is 1.17. The molecule has 1 heterocycles. The largest absolute Gasteiger partial charge is 0.480 e. The Morgan fingerprint density at radius 3 is 2.39 bits per heavy atom. The van der Waals surface area contributed by atoms with Crippen LogP contribution in [0.1, 0.15) is 20.8 Å². The second kappa shape index (κ2) is 12.7. The molecule has 0 saturated heterocycles. The van der Waals surface area contributed by atoms with Gasteiger partial charge in [0, 0.05) is 4.70 Å². The van der Waals surface area contributed by atoms with Crippen molar-refractivity contribution < 1.29 is 24.2 Å². The molecule has 0 aliphatic heterocycles. The number of carbonyl (C=O) groups is 3. The minimum atomic E-state index is -1.36. The number of amides is 2. The van der Waals surface area contributed by atoms with Crippen molar-refractivity contribution in [3.63, 3.8) is 0 Å². The van der Waals surface area contributed by atoms with Gasteiger partial charge in [0.1, 0.15) is 5.70 Å². The topological polar surface area (TPSA) is 105 Å². The zero-order chi connectivity index (χ0) is 27.1. The van der Waals surface area contributed by atoms with Crippen LogP contribution in [0.3, 0.4) is 0 Å². The van der Waals surface area contributed by atoms with Gasteiger partial charge in [-0.25, -0.2) is 4.79 Å². The molecule has 4 aromatic rings. The third-order valence-corrected chi connectivity index (χ3v) is 7.25. The highest BCUT2D eigenvalue weighted by Crippen LogP contribution is 2.26. The molecule has 0 aliphatic rings. The summed E-state index contributed by atoms with van der Waals surface area (Å²) >= 11 is 13.4. The molecule has 0 fully saturated rings. The quantitative estimate of drug-likeness (QED) is 0.211. The van der Waals surface area contributed by atoms with Crippen LogP contribution >= 0.6 is 34.5 Å². The molecule has 0 spiro atoms. The molecule has 0 aliphatic carbocycles. The molecule has 1 unspecified atom stereocenters. The lowest BCUT2D eigenvalue weighted by Crippen LogP contribution is -2.46. The number of fused-ring (bicyclic) bond motifs is 1. The average molecular weight is 569 g/mol. The zero-order valence-corrected chi connectivity index (χ0v) is 22.1. The number of hydrogen-bond acceptors (Lipinski definition) is 5. The van der Waals surface area contributed by atoms with Crippen molar-refractivity contribution in [3.05, 3.63) is 111 Å². The van der Waals surface area contributed by atoms with Crippen molar-refractivity contribution in [1.82, 2.24) is 10.6 Å². The number of aliphatic carboxylic acids is 1. The van der Waals surface area contributed by atoms with E-state index >= 15 is 0 Å². The zero-order valence-electron chi connectivity index (χ0n) is 19.8. The monoisotopic (exact) mass is 568 g/mol. The second-order valence-electron chi connectivity index (χ2n) is 8.20. The first-order chi connectivity index (χ1) is 18.3. The Bertz CT molecular complexity index is 1470. The van der Waals surface area contributed by atoms with E-state index in [0.717, 1.165) is 15.6 Å². The average Bonchev–Trinajstić information content (AvgIpc) is 3.35. The predicted octanol–water partition coefficient (Wildman–Crippen LogP) is 5.77. The van der Waals surface area contributed by atoms with Gasteiger partial charge in [0.25, 0.3) is 11.8 Å². The fourth-order valence-corrected chi connectivity index (χ4v) is 4.75. The number of hydrogen-bond donors (Lipinski definition) is 3. The molecule has 3 N–H and O–H groups in total. The number of thiophene rings is 1. The summed E-state index contributed by atoms with van der Waals surface area (Å²) in [6, 6.07) is 21.8. The van der Waals surface area contributed by atoms with Crippen LogP contribution in [0, 0.1) is 0 Å². The number of rotatable bonds is 10. The van der Waals surface area contributed by atoms with Crippen molar-refractivity contribution >= 4 is 68.5 Å². The fourth-order valence-electron chi connectivity index (χ4n) is 3.48. The van der Waals surface area contributed by atoms with Crippen LogP contribution in [0.25, 0.3) is 16.2 Å². The molecule has 1 atom stereocenters. The highest BCUT2D eigenvalue weighted by Gasteiger charge is 2.24. The van der Waals surface area contributed by atoms with Crippen LogP contribution in [0.4, 0.5) is 0 Å². The van der Waals surface area contributed by atoms with Crippen molar-refractivity contribution in [2.45, 2.75) is 12.6 Å².